The average Bonchev–Trinajstić information content (AvgIpc) is 2.27. The second kappa shape index (κ2) is 6.44. The number of alkyl carbamates (subject to hydrolysis) is 1. The molecular formula is C11H20N2O4. The van der Waals surface area contributed by atoms with Crippen LogP contribution >= 0.6 is 0 Å². The summed E-state index contributed by atoms with van der Waals surface area (Å²) in [6.45, 7) is 3.47. The lowest BCUT2D eigenvalue weighted by molar-refractivity contribution is -0.147. The number of esters is 1. The topological polar surface area (TPSA) is 67.9 Å². The van der Waals surface area contributed by atoms with E-state index >= 15 is 0 Å². The highest BCUT2D eigenvalue weighted by molar-refractivity contribution is 5.73. The Hall–Kier alpha value is -1.30. The highest BCUT2D eigenvalue weighted by Crippen LogP contribution is 2.17. The summed E-state index contributed by atoms with van der Waals surface area (Å²) in [6.07, 6.45) is 0.159. The molecule has 1 N–H and O–H groups in total. The Morgan fingerprint density at radius 3 is 2.71 bits per heavy atom. The van der Waals surface area contributed by atoms with Gasteiger partial charge in [-0.2, -0.15) is 0 Å². The van der Waals surface area contributed by atoms with Crippen molar-refractivity contribution in [3.05, 3.63) is 0 Å². The van der Waals surface area contributed by atoms with Crippen molar-refractivity contribution >= 4 is 12.1 Å². The molecule has 1 fully saturated rings. The van der Waals surface area contributed by atoms with Gasteiger partial charge in [0.15, 0.2) is 0 Å². The summed E-state index contributed by atoms with van der Waals surface area (Å²) in [5, 5.41) is 2.75. The highest BCUT2D eigenvalue weighted by Gasteiger charge is 2.31. The summed E-state index contributed by atoms with van der Waals surface area (Å²) in [7, 11) is 3.29. The summed E-state index contributed by atoms with van der Waals surface area (Å²) >= 11 is 0. The maximum Gasteiger partial charge on any atom is 0.407 e. The second-order valence-electron chi connectivity index (χ2n) is 4.24. The Morgan fingerprint density at radius 1 is 1.41 bits per heavy atom. The van der Waals surface area contributed by atoms with E-state index in [1.807, 2.05) is 11.9 Å². The predicted octanol–water partition coefficient (Wildman–Crippen LogP) is 0.226. The third kappa shape index (κ3) is 4.22. The summed E-state index contributed by atoms with van der Waals surface area (Å²) in [4.78, 5) is 24.8. The fourth-order valence-corrected chi connectivity index (χ4v) is 2.10. The molecule has 6 nitrogen and oxygen atoms in total. The monoisotopic (exact) mass is 244 g/mol. The van der Waals surface area contributed by atoms with Crippen molar-refractivity contribution in [1.29, 1.82) is 0 Å². The number of rotatable bonds is 3. The largest absolute Gasteiger partial charge is 0.469 e. The summed E-state index contributed by atoms with van der Waals surface area (Å²) < 4.78 is 9.55. The zero-order valence-corrected chi connectivity index (χ0v) is 10.6. The third-order valence-corrected chi connectivity index (χ3v) is 2.77. The van der Waals surface area contributed by atoms with Gasteiger partial charge >= 0.3 is 12.1 Å². The van der Waals surface area contributed by atoms with Crippen molar-refractivity contribution < 1.29 is 19.1 Å². The molecule has 2 unspecified atom stereocenters. The molecule has 1 amide bonds. The van der Waals surface area contributed by atoms with Crippen molar-refractivity contribution in [1.82, 2.24) is 10.2 Å². The van der Waals surface area contributed by atoms with E-state index < -0.39 is 6.09 Å². The van der Waals surface area contributed by atoms with Gasteiger partial charge < -0.3 is 19.7 Å². The Kier molecular flexibility index (Phi) is 5.21. The fraction of sp³-hybridized carbons (Fsp3) is 0.818. The number of carbonyl (C=O) groups excluding carboxylic acids is 2. The first-order chi connectivity index (χ1) is 8.06. The van der Waals surface area contributed by atoms with E-state index in [0.717, 1.165) is 0 Å². The molecule has 0 bridgehead atoms. The van der Waals surface area contributed by atoms with Crippen LogP contribution < -0.4 is 5.32 Å². The molecule has 0 aromatic carbocycles. The molecule has 1 heterocycles. The molecular weight excluding hydrogens is 224 g/mol. The minimum absolute atomic E-state index is 0.0723. The average molecular weight is 244 g/mol. The summed E-state index contributed by atoms with van der Waals surface area (Å²) in [6, 6.07) is -0.0723. The zero-order valence-electron chi connectivity index (χ0n) is 10.6. The molecule has 0 spiro atoms. The molecule has 0 saturated carbocycles. The van der Waals surface area contributed by atoms with Gasteiger partial charge in [0.25, 0.3) is 0 Å². The molecule has 1 rings (SSSR count). The Labute approximate surface area is 101 Å². The lowest BCUT2D eigenvalue weighted by Gasteiger charge is -2.34. The fourth-order valence-electron chi connectivity index (χ4n) is 2.10. The SMILES string of the molecule is CCOC(=O)NC1CC(C(=O)OC)CN(C)C1. The van der Waals surface area contributed by atoms with Gasteiger partial charge in [-0.15, -0.1) is 0 Å². The smallest absolute Gasteiger partial charge is 0.407 e. The molecule has 0 aliphatic carbocycles. The van der Waals surface area contributed by atoms with E-state index in [9.17, 15) is 9.59 Å². The Morgan fingerprint density at radius 2 is 2.12 bits per heavy atom. The standard InChI is InChI=1S/C11H20N2O4/c1-4-17-11(15)12-9-5-8(10(14)16-3)6-13(2)7-9/h8-9H,4-7H2,1-3H3,(H,12,15). The number of amides is 1. The van der Waals surface area contributed by atoms with Crippen LogP contribution in [0.1, 0.15) is 13.3 Å². The zero-order chi connectivity index (χ0) is 12.8. The van der Waals surface area contributed by atoms with Crippen LogP contribution in [0.3, 0.4) is 0 Å². The quantitative estimate of drug-likeness (QED) is 0.720. The van der Waals surface area contributed by atoms with Crippen molar-refractivity contribution in [3.63, 3.8) is 0 Å². The molecule has 1 saturated heterocycles. The van der Waals surface area contributed by atoms with Crippen LogP contribution in [0.2, 0.25) is 0 Å². The number of likely N-dealkylation sites (N-methyl/N-ethyl adjacent to an activating group) is 1. The van der Waals surface area contributed by atoms with Gasteiger partial charge in [0.05, 0.1) is 19.6 Å². The molecule has 0 aromatic heterocycles. The van der Waals surface area contributed by atoms with Gasteiger partial charge in [-0.1, -0.05) is 0 Å². The number of piperidine rings is 1. The van der Waals surface area contributed by atoms with Gasteiger partial charge in [0.1, 0.15) is 0 Å². The Bertz CT molecular complexity index is 283. The third-order valence-electron chi connectivity index (χ3n) is 2.77. The number of likely N-dealkylation sites (tertiary alicyclic amines) is 1. The highest BCUT2D eigenvalue weighted by atomic mass is 16.5. The van der Waals surface area contributed by atoms with E-state index in [2.05, 4.69) is 5.32 Å². The molecule has 1 aliphatic heterocycles. The van der Waals surface area contributed by atoms with Gasteiger partial charge in [0, 0.05) is 19.1 Å². The maximum absolute atomic E-state index is 11.5. The van der Waals surface area contributed by atoms with Crippen LogP contribution in [0.15, 0.2) is 0 Å². The van der Waals surface area contributed by atoms with Crippen LogP contribution in [0, 0.1) is 5.92 Å². The number of ether oxygens (including phenoxy) is 2. The molecule has 6 heteroatoms. The van der Waals surface area contributed by atoms with E-state index in [0.29, 0.717) is 26.1 Å². The van der Waals surface area contributed by atoms with E-state index in [1.165, 1.54) is 7.11 Å². The first-order valence-corrected chi connectivity index (χ1v) is 5.76. The number of nitrogens with one attached hydrogen (secondary N) is 1. The Balaban J connectivity index is 2.50. The first-order valence-electron chi connectivity index (χ1n) is 5.76. The lowest BCUT2D eigenvalue weighted by Crippen LogP contribution is -2.51. The molecule has 17 heavy (non-hydrogen) atoms. The number of hydrogen-bond donors (Lipinski definition) is 1. The maximum atomic E-state index is 11.5. The number of methoxy groups -OCH3 is 1. The molecule has 1 aliphatic rings. The number of carbonyl (C=O) groups is 2. The van der Waals surface area contributed by atoms with Crippen LogP contribution in [-0.2, 0) is 14.3 Å². The molecule has 0 aromatic rings. The number of hydrogen-bond acceptors (Lipinski definition) is 5. The van der Waals surface area contributed by atoms with E-state index in [1.54, 1.807) is 6.92 Å². The molecule has 0 radical (unpaired) electrons. The molecule has 2 atom stereocenters. The molecule has 98 valence electrons. The second-order valence-corrected chi connectivity index (χ2v) is 4.24. The van der Waals surface area contributed by atoms with Crippen molar-refractivity contribution in [2.45, 2.75) is 19.4 Å². The minimum Gasteiger partial charge on any atom is -0.469 e. The van der Waals surface area contributed by atoms with Gasteiger partial charge in [-0.25, -0.2) is 4.79 Å². The van der Waals surface area contributed by atoms with Gasteiger partial charge in [-0.05, 0) is 20.4 Å². The van der Waals surface area contributed by atoms with Crippen molar-refractivity contribution in [3.8, 4) is 0 Å². The van der Waals surface area contributed by atoms with Gasteiger partial charge in [0.2, 0.25) is 0 Å². The summed E-state index contributed by atoms with van der Waals surface area (Å²) in [5.41, 5.74) is 0. The first kappa shape index (κ1) is 13.8. The van der Waals surface area contributed by atoms with E-state index in [4.69, 9.17) is 9.47 Å². The van der Waals surface area contributed by atoms with Gasteiger partial charge in [-0.3, -0.25) is 4.79 Å². The van der Waals surface area contributed by atoms with Crippen LogP contribution in [0.5, 0.6) is 0 Å². The number of nitrogens with zero attached hydrogens (tertiary/aromatic N) is 1. The summed E-state index contributed by atoms with van der Waals surface area (Å²) in [5.74, 6) is -0.419. The minimum atomic E-state index is -0.434. The normalized spacial score (nSPS) is 25.1. The van der Waals surface area contributed by atoms with Crippen LogP contribution in [0.4, 0.5) is 4.79 Å². The van der Waals surface area contributed by atoms with Crippen LogP contribution in [0.25, 0.3) is 0 Å². The van der Waals surface area contributed by atoms with E-state index in [-0.39, 0.29) is 17.9 Å². The van der Waals surface area contributed by atoms with Crippen molar-refractivity contribution in [2.24, 2.45) is 5.92 Å². The lowest BCUT2D eigenvalue weighted by atomic mass is 9.95. The van der Waals surface area contributed by atoms with Crippen LogP contribution in [-0.4, -0.2) is 56.9 Å². The predicted molar refractivity (Wildman–Crippen MR) is 61.6 cm³/mol. The van der Waals surface area contributed by atoms with Crippen molar-refractivity contribution in [2.75, 3.05) is 33.9 Å².